The molecule has 0 unspecified atom stereocenters. The summed E-state index contributed by atoms with van der Waals surface area (Å²) in [5.41, 5.74) is 2.69. The number of hydrogen-bond donors (Lipinski definition) is 1. The summed E-state index contributed by atoms with van der Waals surface area (Å²) in [4.78, 5) is 4.88. The van der Waals surface area contributed by atoms with Crippen molar-refractivity contribution in [1.29, 1.82) is 0 Å². The summed E-state index contributed by atoms with van der Waals surface area (Å²) >= 11 is 0. The van der Waals surface area contributed by atoms with Crippen molar-refractivity contribution in [2.75, 3.05) is 46.8 Å². The Labute approximate surface area is 153 Å². The maximum atomic E-state index is 5.97. The van der Waals surface area contributed by atoms with E-state index in [1.54, 1.807) is 0 Å². The zero-order valence-corrected chi connectivity index (χ0v) is 16.5. The van der Waals surface area contributed by atoms with E-state index in [1.165, 1.54) is 50.1 Å². The number of rotatable bonds is 7. The lowest BCUT2D eigenvalue weighted by atomic mass is 9.96. The Morgan fingerprint density at radius 3 is 2.72 bits per heavy atom. The number of piperidine rings is 1. The molecule has 0 radical (unpaired) electrons. The van der Waals surface area contributed by atoms with Crippen LogP contribution in [0.3, 0.4) is 0 Å². The SMILES string of the molecule is CN(C)CCN1CCC(CNCc2ccc3c(c2)CC(C)(C)O3)CC1. The van der Waals surface area contributed by atoms with E-state index in [4.69, 9.17) is 4.74 Å². The molecule has 4 heteroatoms. The van der Waals surface area contributed by atoms with Crippen molar-refractivity contribution in [3.63, 3.8) is 0 Å². The molecule has 0 atom stereocenters. The minimum Gasteiger partial charge on any atom is -0.487 e. The van der Waals surface area contributed by atoms with Crippen LogP contribution in [0.1, 0.15) is 37.8 Å². The monoisotopic (exact) mass is 345 g/mol. The Kier molecular flexibility index (Phi) is 6.03. The maximum absolute atomic E-state index is 5.97. The summed E-state index contributed by atoms with van der Waals surface area (Å²) in [7, 11) is 4.31. The number of likely N-dealkylation sites (N-methyl/N-ethyl adjacent to an activating group) is 1. The van der Waals surface area contributed by atoms with Gasteiger partial charge in [0.15, 0.2) is 0 Å². The molecule has 1 fully saturated rings. The molecule has 1 aromatic carbocycles. The average molecular weight is 346 g/mol. The Bertz CT molecular complexity index is 562. The Morgan fingerprint density at radius 1 is 1.24 bits per heavy atom. The molecule has 140 valence electrons. The van der Waals surface area contributed by atoms with Crippen LogP contribution < -0.4 is 10.1 Å². The van der Waals surface area contributed by atoms with Crippen molar-refractivity contribution >= 4 is 0 Å². The average Bonchev–Trinajstić information content (AvgIpc) is 2.87. The number of benzene rings is 1. The van der Waals surface area contributed by atoms with E-state index in [0.717, 1.165) is 31.2 Å². The Morgan fingerprint density at radius 2 is 2.00 bits per heavy atom. The van der Waals surface area contributed by atoms with Gasteiger partial charge in [-0.1, -0.05) is 12.1 Å². The first-order chi connectivity index (χ1) is 11.9. The van der Waals surface area contributed by atoms with Crippen LogP contribution in [0.5, 0.6) is 5.75 Å². The topological polar surface area (TPSA) is 27.7 Å². The van der Waals surface area contributed by atoms with Gasteiger partial charge in [0.25, 0.3) is 0 Å². The van der Waals surface area contributed by atoms with Crippen molar-refractivity contribution < 1.29 is 4.74 Å². The van der Waals surface area contributed by atoms with Crippen LogP contribution in [0, 0.1) is 5.92 Å². The summed E-state index contributed by atoms with van der Waals surface area (Å²) < 4.78 is 5.97. The summed E-state index contributed by atoms with van der Waals surface area (Å²) in [6, 6.07) is 6.67. The third-order valence-electron chi connectivity index (χ3n) is 5.46. The van der Waals surface area contributed by atoms with Gasteiger partial charge in [-0.25, -0.2) is 0 Å². The molecule has 25 heavy (non-hydrogen) atoms. The van der Waals surface area contributed by atoms with Crippen LogP contribution in [0.4, 0.5) is 0 Å². The number of hydrogen-bond acceptors (Lipinski definition) is 4. The fourth-order valence-corrected chi connectivity index (χ4v) is 3.95. The second-order valence-electron chi connectivity index (χ2n) is 8.70. The molecule has 0 spiro atoms. The van der Waals surface area contributed by atoms with Gasteiger partial charge in [-0.15, -0.1) is 0 Å². The van der Waals surface area contributed by atoms with Crippen molar-refractivity contribution in [2.45, 2.75) is 45.3 Å². The molecule has 1 N–H and O–H groups in total. The van der Waals surface area contributed by atoms with Crippen LogP contribution in [-0.4, -0.2) is 62.2 Å². The number of nitrogens with one attached hydrogen (secondary N) is 1. The minimum atomic E-state index is -0.0467. The highest BCUT2D eigenvalue weighted by molar-refractivity contribution is 5.41. The molecule has 3 rings (SSSR count). The van der Waals surface area contributed by atoms with Crippen molar-refractivity contribution in [3.05, 3.63) is 29.3 Å². The van der Waals surface area contributed by atoms with E-state index >= 15 is 0 Å². The van der Waals surface area contributed by atoms with Crippen molar-refractivity contribution in [2.24, 2.45) is 5.92 Å². The van der Waals surface area contributed by atoms with Gasteiger partial charge >= 0.3 is 0 Å². The van der Waals surface area contributed by atoms with E-state index in [1.807, 2.05) is 0 Å². The molecule has 2 aliphatic rings. The van der Waals surface area contributed by atoms with Crippen LogP contribution in [0.2, 0.25) is 0 Å². The third kappa shape index (κ3) is 5.44. The predicted molar refractivity (Wildman–Crippen MR) is 104 cm³/mol. The quantitative estimate of drug-likeness (QED) is 0.822. The molecular formula is C21H35N3O. The highest BCUT2D eigenvalue weighted by atomic mass is 16.5. The van der Waals surface area contributed by atoms with Crippen molar-refractivity contribution in [3.8, 4) is 5.75 Å². The standard InChI is InChI=1S/C21H35N3O/c1-21(2)14-19-13-18(5-6-20(19)25-21)16-22-15-17-7-9-24(10-8-17)12-11-23(3)4/h5-6,13,17,22H,7-12,14-16H2,1-4H3. The lowest BCUT2D eigenvalue weighted by Crippen LogP contribution is -2.40. The van der Waals surface area contributed by atoms with Gasteiger partial charge in [-0.05, 0) is 83.5 Å². The Hall–Kier alpha value is -1.10. The third-order valence-corrected chi connectivity index (χ3v) is 5.46. The van der Waals surface area contributed by atoms with E-state index < -0.39 is 0 Å². The van der Waals surface area contributed by atoms with Gasteiger partial charge in [0.1, 0.15) is 11.4 Å². The van der Waals surface area contributed by atoms with E-state index in [2.05, 4.69) is 61.3 Å². The second-order valence-corrected chi connectivity index (χ2v) is 8.70. The normalized spacial score (nSPS) is 20.7. The summed E-state index contributed by atoms with van der Waals surface area (Å²) in [5, 5.41) is 3.68. The van der Waals surface area contributed by atoms with Crippen LogP contribution >= 0.6 is 0 Å². The van der Waals surface area contributed by atoms with Gasteiger partial charge < -0.3 is 19.9 Å². The number of fused-ring (bicyclic) bond motifs is 1. The zero-order chi connectivity index (χ0) is 17.9. The molecular weight excluding hydrogens is 310 g/mol. The number of likely N-dealkylation sites (tertiary alicyclic amines) is 1. The van der Waals surface area contributed by atoms with E-state index in [0.29, 0.717) is 0 Å². The molecule has 2 aliphatic heterocycles. The van der Waals surface area contributed by atoms with E-state index in [-0.39, 0.29) is 5.60 Å². The highest BCUT2D eigenvalue weighted by Crippen LogP contribution is 2.35. The number of nitrogens with zero attached hydrogens (tertiary/aromatic N) is 2. The van der Waals surface area contributed by atoms with Gasteiger partial charge in [0.2, 0.25) is 0 Å². The van der Waals surface area contributed by atoms with Crippen molar-refractivity contribution in [1.82, 2.24) is 15.1 Å². The van der Waals surface area contributed by atoms with Crippen LogP contribution in [0.15, 0.2) is 18.2 Å². The smallest absolute Gasteiger partial charge is 0.123 e. The summed E-state index contributed by atoms with van der Waals surface area (Å²) in [5.74, 6) is 1.89. The predicted octanol–water partition coefficient (Wildman–Crippen LogP) is 2.76. The molecule has 1 saturated heterocycles. The fraction of sp³-hybridized carbons (Fsp3) is 0.714. The van der Waals surface area contributed by atoms with Gasteiger partial charge in [-0.2, -0.15) is 0 Å². The van der Waals surface area contributed by atoms with Crippen LogP contribution in [0.25, 0.3) is 0 Å². The molecule has 2 heterocycles. The molecule has 0 amide bonds. The summed E-state index contributed by atoms with van der Waals surface area (Å²) in [6.07, 6.45) is 3.67. The largest absolute Gasteiger partial charge is 0.487 e. The number of ether oxygens (including phenoxy) is 1. The molecule has 0 aliphatic carbocycles. The lowest BCUT2D eigenvalue weighted by molar-refractivity contribution is 0.138. The molecule has 0 aromatic heterocycles. The van der Waals surface area contributed by atoms with Gasteiger partial charge in [0.05, 0.1) is 0 Å². The molecule has 0 saturated carbocycles. The highest BCUT2D eigenvalue weighted by Gasteiger charge is 2.29. The molecule has 1 aromatic rings. The first-order valence-electron chi connectivity index (χ1n) is 9.80. The van der Waals surface area contributed by atoms with Gasteiger partial charge in [-0.3, -0.25) is 0 Å². The summed E-state index contributed by atoms with van der Waals surface area (Å²) in [6.45, 7) is 11.3. The first kappa shape index (κ1) is 18.7. The Balaban J connectivity index is 1.37. The minimum absolute atomic E-state index is 0.0467. The molecule has 0 bridgehead atoms. The lowest BCUT2D eigenvalue weighted by Gasteiger charge is -2.32. The molecule has 4 nitrogen and oxygen atoms in total. The first-order valence-corrected chi connectivity index (χ1v) is 9.80. The zero-order valence-electron chi connectivity index (χ0n) is 16.5. The fourth-order valence-electron chi connectivity index (χ4n) is 3.95. The second kappa shape index (κ2) is 8.07. The van der Waals surface area contributed by atoms with Gasteiger partial charge in [0, 0.05) is 26.1 Å². The van der Waals surface area contributed by atoms with Crippen LogP contribution in [-0.2, 0) is 13.0 Å². The maximum Gasteiger partial charge on any atom is 0.123 e. The van der Waals surface area contributed by atoms with E-state index in [9.17, 15) is 0 Å².